The molecular formula is C10H13BrO. The number of aliphatic hydroxyl groups is 1. The summed E-state index contributed by atoms with van der Waals surface area (Å²) in [5.74, 6) is 0.197. The molecule has 1 aromatic carbocycles. The summed E-state index contributed by atoms with van der Waals surface area (Å²) in [7, 11) is 0. The fraction of sp³-hybridized carbons (Fsp3) is 0.400. The van der Waals surface area contributed by atoms with Crippen molar-refractivity contribution in [3.63, 3.8) is 0 Å². The van der Waals surface area contributed by atoms with Crippen LogP contribution in [0, 0.1) is 0 Å². The summed E-state index contributed by atoms with van der Waals surface area (Å²) < 4.78 is 1.06. The van der Waals surface area contributed by atoms with Crippen molar-refractivity contribution in [2.75, 3.05) is 0 Å². The summed E-state index contributed by atoms with van der Waals surface area (Å²) in [6, 6.07) is 8.04. The Morgan fingerprint density at radius 1 is 1.33 bits per heavy atom. The molecule has 0 amide bonds. The highest BCUT2D eigenvalue weighted by Gasteiger charge is 2.10. The van der Waals surface area contributed by atoms with Gasteiger partial charge in [-0.05, 0) is 24.6 Å². The Kier molecular flexibility index (Phi) is 3.29. The third kappa shape index (κ3) is 2.32. The first-order chi connectivity index (χ1) is 5.61. The number of benzene rings is 1. The van der Waals surface area contributed by atoms with Crippen molar-refractivity contribution < 1.29 is 5.11 Å². The van der Waals surface area contributed by atoms with Crippen LogP contribution >= 0.6 is 15.9 Å². The molecular weight excluding hydrogens is 216 g/mol. The zero-order valence-electron chi connectivity index (χ0n) is 7.29. The van der Waals surface area contributed by atoms with E-state index in [9.17, 15) is 5.11 Å². The highest BCUT2D eigenvalue weighted by atomic mass is 79.9. The molecule has 0 saturated carbocycles. The number of hydrogen-bond donors (Lipinski definition) is 1. The Morgan fingerprint density at radius 2 is 2.00 bits per heavy atom. The zero-order chi connectivity index (χ0) is 9.14. The molecule has 0 heterocycles. The van der Waals surface area contributed by atoms with Crippen LogP contribution in [0.2, 0.25) is 0 Å². The van der Waals surface area contributed by atoms with Crippen LogP contribution in [-0.4, -0.2) is 11.2 Å². The molecule has 0 aliphatic rings. The summed E-state index contributed by atoms with van der Waals surface area (Å²) in [5.41, 5.74) is 1.17. The lowest BCUT2D eigenvalue weighted by molar-refractivity contribution is 0.169. The van der Waals surface area contributed by atoms with Crippen LogP contribution in [0.5, 0.6) is 0 Å². The maximum absolute atomic E-state index is 9.35. The molecule has 0 aliphatic carbocycles. The Labute approximate surface area is 81.6 Å². The summed E-state index contributed by atoms with van der Waals surface area (Å²) in [6.07, 6.45) is -0.292. The number of rotatable bonds is 2. The van der Waals surface area contributed by atoms with Crippen LogP contribution < -0.4 is 0 Å². The molecule has 0 bridgehead atoms. The van der Waals surface area contributed by atoms with Gasteiger partial charge in [-0.1, -0.05) is 35.0 Å². The van der Waals surface area contributed by atoms with Gasteiger partial charge in [0, 0.05) is 10.4 Å². The molecule has 0 saturated heterocycles. The highest BCUT2D eigenvalue weighted by molar-refractivity contribution is 9.10. The van der Waals surface area contributed by atoms with Crippen LogP contribution in [0.1, 0.15) is 25.3 Å². The van der Waals surface area contributed by atoms with Crippen molar-refractivity contribution in [2.24, 2.45) is 0 Å². The molecule has 12 heavy (non-hydrogen) atoms. The highest BCUT2D eigenvalue weighted by Crippen LogP contribution is 2.22. The second-order valence-corrected chi connectivity index (χ2v) is 4.00. The third-order valence-electron chi connectivity index (χ3n) is 2.10. The predicted molar refractivity (Wildman–Crippen MR) is 54.2 cm³/mol. The fourth-order valence-electron chi connectivity index (χ4n) is 1.07. The van der Waals surface area contributed by atoms with E-state index < -0.39 is 0 Å². The van der Waals surface area contributed by atoms with Gasteiger partial charge in [0.05, 0.1) is 6.10 Å². The molecule has 2 atom stereocenters. The minimum Gasteiger partial charge on any atom is -0.393 e. The smallest absolute Gasteiger partial charge is 0.0577 e. The van der Waals surface area contributed by atoms with Crippen molar-refractivity contribution in [2.45, 2.75) is 25.9 Å². The van der Waals surface area contributed by atoms with Crippen LogP contribution in [0.3, 0.4) is 0 Å². The van der Waals surface area contributed by atoms with Gasteiger partial charge in [0.25, 0.3) is 0 Å². The lowest BCUT2D eigenvalue weighted by Gasteiger charge is -2.14. The average molecular weight is 229 g/mol. The fourth-order valence-corrected chi connectivity index (χ4v) is 1.49. The van der Waals surface area contributed by atoms with E-state index in [2.05, 4.69) is 15.9 Å². The maximum atomic E-state index is 9.35. The molecule has 66 valence electrons. The standard InChI is InChI=1S/C10H13BrO/c1-7(8(2)12)9-4-3-5-10(11)6-9/h3-8,12H,1-2H3. The van der Waals surface area contributed by atoms with Crippen LogP contribution in [0.25, 0.3) is 0 Å². The van der Waals surface area contributed by atoms with Gasteiger partial charge in [0.15, 0.2) is 0 Å². The summed E-state index contributed by atoms with van der Waals surface area (Å²) in [4.78, 5) is 0. The van der Waals surface area contributed by atoms with Gasteiger partial charge in [-0.15, -0.1) is 0 Å². The topological polar surface area (TPSA) is 20.2 Å². The molecule has 0 fully saturated rings. The number of aliphatic hydroxyl groups excluding tert-OH is 1. The number of halogens is 1. The van der Waals surface area contributed by atoms with E-state index in [1.807, 2.05) is 38.1 Å². The largest absolute Gasteiger partial charge is 0.393 e. The quantitative estimate of drug-likeness (QED) is 0.826. The lowest BCUT2D eigenvalue weighted by atomic mass is 9.97. The molecule has 0 spiro atoms. The Bertz CT molecular complexity index is 258. The van der Waals surface area contributed by atoms with Gasteiger partial charge in [0.1, 0.15) is 0 Å². The van der Waals surface area contributed by atoms with Crippen molar-refractivity contribution in [3.8, 4) is 0 Å². The minimum atomic E-state index is -0.292. The van der Waals surface area contributed by atoms with E-state index in [0.717, 1.165) is 4.47 Å². The third-order valence-corrected chi connectivity index (χ3v) is 2.59. The Hall–Kier alpha value is -0.340. The first-order valence-corrected chi connectivity index (χ1v) is 4.84. The van der Waals surface area contributed by atoms with E-state index >= 15 is 0 Å². The van der Waals surface area contributed by atoms with Crippen molar-refractivity contribution in [1.29, 1.82) is 0 Å². The van der Waals surface area contributed by atoms with Crippen molar-refractivity contribution in [3.05, 3.63) is 34.3 Å². The molecule has 2 unspecified atom stereocenters. The van der Waals surface area contributed by atoms with Gasteiger partial charge in [0.2, 0.25) is 0 Å². The van der Waals surface area contributed by atoms with Crippen molar-refractivity contribution >= 4 is 15.9 Å². The lowest BCUT2D eigenvalue weighted by Crippen LogP contribution is -2.10. The average Bonchev–Trinajstić information content (AvgIpc) is 2.03. The monoisotopic (exact) mass is 228 g/mol. The summed E-state index contributed by atoms with van der Waals surface area (Å²) >= 11 is 3.40. The molecule has 1 rings (SSSR count). The molecule has 2 heteroatoms. The SMILES string of the molecule is CC(O)C(C)c1cccc(Br)c1. The van der Waals surface area contributed by atoms with Gasteiger partial charge < -0.3 is 5.11 Å². The zero-order valence-corrected chi connectivity index (χ0v) is 8.88. The van der Waals surface area contributed by atoms with Crippen LogP contribution in [-0.2, 0) is 0 Å². The molecule has 1 aromatic rings. The van der Waals surface area contributed by atoms with Gasteiger partial charge >= 0.3 is 0 Å². The van der Waals surface area contributed by atoms with Crippen molar-refractivity contribution in [1.82, 2.24) is 0 Å². The summed E-state index contributed by atoms with van der Waals surface area (Å²) in [6.45, 7) is 3.83. The Morgan fingerprint density at radius 3 is 2.50 bits per heavy atom. The van der Waals surface area contributed by atoms with Crippen LogP contribution in [0.15, 0.2) is 28.7 Å². The van der Waals surface area contributed by atoms with Gasteiger partial charge in [-0.2, -0.15) is 0 Å². The molecule has 0 aliphatic heterocycles. The molecule has 0 aromatic heterocycles. The molecule has 0 radical (unpaired) electrons. The van der Waals surface area contributed by atoms with E-state index in [1.54, 1.807) is 0 Å². The summed E-state index contributed by atoms with van der Waals surface area (Å²) in [5, 5.41) is 9.35. The maximum Gasteiger partial charge on any atom is 0.0577 e. The number of hydrogen-bond acceptors (Lipinski definition) is 1. The second kappa shape index (κ2) is 4.06. The van der Waals surface area contributed by atoms with E-state index in [4.69, 9.17) is 0 Å². The van der Waals surface area contributed by atoms with E-state index in [0.29, 0.717) is 0 Å². The predicted octanol–water partition coefficient (Wildman–Crippen LogP) is 2.93. The first-order valence-electron chi connectivity index (χ1n) is 4.05. The van der Waals surface area contributed by atoms with E-state index in [-0.39, 0.29) is 12.0 Å². The van der Waals surface area contributed by atoms with Gasteiger partial charge in [-0.25, -0.2) is 0 Å². The first kappa shape index (κ1) is 9.75. The molecule has 1 nitrogen and oxygen atoms in total. The Balaban J connectivity index is 2.88. The second-order valence-electron chi connectivity index (χ2n) is 3.08. The van der Waals surface area contributed by atoms with Crippen LogP contribution in [0.4, 0.5) is 0 Å². The van der Waals surface area contributed by atoms with E-state index in [1.165, 1.54) is 5.56 Å². The molecule has 1 N–H and O–H groups in total. The normalized spacial score (nSPS) is 15.7. The van der Waals surface area contributed by atoms with Gasteiger partial charge in [-0.3, -0.25) is 0 Å². The minimum absolute atomic E-state index is 0.197.